The van der Waals surface area contributed by atoms with E-state index < -0.39 is 36.2 Å². The SMILES string of the molecule is COc1c(F)cc(C(C)C)c(/C=C/C(O)CC(O)CC(=O)O)c1-c1ccc(F)cc1. The molecule has 2 rings (SSSR count). The summed E-state index contributed by atoms with van der Waals surface area (Å²) in [6.07, 6.45) is 0.0461. The minimum atomic E-state index is -1.20. The van der Waals surface area contributed by atoms with Crippen molar-refractivity contribution in [2.45, 2.75) is 44.8 Å². The average molecular weight is 420 g/mol. The van der Waals surface area contributed by atoms with E-state index in [0.717, 1.165) is 0 Å². The highest BCUT2D eigenvalue weighted by molar-refractivity contribution is 5.83. The monoisotopic (exact) mass is 420 g/mol. The van der Waals surface area contributed by atoms with Crippen LogP contribution in [-0.2, 0) is 4.79 Å². The maximum atomic E-state index is 14.7. The standard InChI is InChI=1S/C23H26F2O5/c1-13(2)19-12-20(25)23(30-3)22(14-4-6-15(24)7-5-14)18(19)9-8-16(26)10-17(27)11-21(28)29/h4-9,12-13,16-17,26-27H,10-11H2,1-3H3,(H,28,29)/b9-8+. The van der Waals surface area contributed by atoms with Crippen LogP contribution in [0.1, 0.15) is 43.7 Å². The fourth-order valence-electron chi connectivity index (χ4n) is 3.28. The number of hydrogen-bond donors (Lipinski definition) is 3. The molecule has 162 valence electrons. The summed E-state index contributed by atoms with van der Waals surface area (Å²) < 4.78 is 33.4. The Morgan fingerprint density at radius 1 is 1.17 bits per heavy atom. The lowest BCUT2D eigenvalue weighted by Crippen LogP contribution is -2.19. The fourth-order valence-corrected chi connectivity index (χ4v) is 3.28. The summed E-state index contributed by atoms with van der Waals surface area (Å²) in [6, 6.07) is 6.92. The third-order valence-electron chi connectivity index (χ3n) is 4.67. The molecule has 0 bridgehead atoms. The minimum absolute atomic E-state index is 0.00828. The van der Waals surface area contributed by atoms with Gasteiger partial charge in [0, 0.05) is 12.0 Å². The first-order chi connectivity index (χ1) is 14.1. The number of carboxylic acids is 1. The molecule has 0 radical (unpaired) electrons. The molecule has 0 aliphatic rings. The molecular formula is C23H26F2O5. The van der Waals surface area contributed by atoms with Gasteiger partial charge in [-0.05, 0) is 40.8 Å². The van der Waals surface area contributed by atoms with Crippen molar-refractivity contribution < 1.29 is 33.6 Å². The summed E-state index contributed by atoms with van der Waals surface area (Å²) in [6.45, 7) is 3.78. The molecule has 0 amide bonds. The Balaban J connectivity index is 2.55. The quantitative estimate of drug-likeness (QED) is 0.561. The van der Waals surface area contributed by atoms with E-state index in [1.54, 1.807) is 6.08 Å². The lowest BCUT2D eigenvalue weighted by molar-refractivity contribution is -0.139. The number of aliphatic carboxylic acids is 1. The molecule has 30 heavy (non-hydrogen) atoms. The van der Waals surface area contributed by atoms with Crippen molar-refractivity contribution in [1.82, 2.24) is 0 Å². The van der Waals surface area contributed by atoms with E-state index in [0.29, 0.717) is 22.3 Å². The van der Waals surface area contributed by atoms with Crippen molar-refractivity contribution >= 4 is 12.0 Å². The predicted molar refractivity (Wildman–Crippen MR) is 110 cm³/mol. The van der Waals surface area contributed by atoms with Gasteiger partial charge in [0.2, 0.25) is 0 Å². The molecule has 2 aromatic carbocycles. The normalized spacial score (nSPS) is 13.6. The summed E-state index contributed by atoms with van der Waals surface area (Å²) in [5, 5.41) is 28.7. The number of aliphatic hydroxyl groups is 2. The molecule has 0 saturated carbocycles. The Morgan fingerprint density at radius 3 is 2.33 bits per heavy atom. The number of aliphatic hydroxyl groups excluding tert-OH is 2. The van der Waals surface area contributed by atoms with Crippen molar-refractivity contribution in [2.75, 3.05) is 7.11 Å². The Morgan fingerprint density at radius 2 is 1.80 bits per heavy atom. The van der Waals surface area contributed by atoms with E-state index in [1.807, 2.05) is 13.8 Å². The summed E-state index contributed by atoms with van der Waals surface area (Å²) >= 11 is 0. The largest absolute Gasteiger partial charge is 0.493 e. The van der Waals surface area contributed by atoms with Crippen LogP contribution in [0.4, 0.5) is 8.78 Å². The Labute approximate surface area is 174 Å². The second-order valence-electron chi connectivity index (χ2n) is 7.34. The molecule has 0 spiro atoms. The van der Waals surface area contributed by atoms with Crippen molar-refractivity contribution in [3.63, 3.8) is 0 Å². The Hall–Kier alpha value is -2.77. The van der Waals surface area contributed by atoms with Gasteiger partial charge >= 0.3 is 5.97 Å². The van der Waals surface area contributed by atoms with Gasteiger partial charge in [-0.15, -0.1) is 0 Å². The summed E-state index contributed by atoms with van der Waals surface area (Å²) in [5.74, 6) is -2.24. The molecule has 2 unspecified atom stereocenters. The van der Waals surface area contributed by atoms with E-state index in [4.69, 9.17) is 9.84 Å². The first kappa shape index (κ1) is 23.5. The highest BCUT2D eigenvalue weighted by Crippen LogP contribution is 2.40. The van der Waals surface area contributed by atoms with Crippen LogP contribution in [0.5, 0.6) is 5.75 Å². The van der Waals surface area contributed by atoms with Gasteiger partial charge in [-0.2, -0.15) is 0 Å². The molecule has 0 heterocycles. The van der Waals surface area contributed by atoms with Crippen LogP contribution in [0.15, 0.2) is 36.4 Å². The van der Waals surface area contributed by atoms with Gasteiger partial charge in [-0.1, -0.05) is 38.1 Å². The van der Waals surface area contributed by atoms with Gasteiger partial charge in [0.25, 0.3) is 0 Å². The summed E-state index contributed by atoms with van der Waals surface area (Å²) in [7, 11) is 1.34. The molecule has 0 aliphatic carbocycles. The highest BCUT2D eigenvalue weighted by atomic mass is 19.1. The molecule has 0 saturated heterocycles. The van der Waals surface area contributed by atoms with E-state index >= 15 is 0 Å². The number of ether oxygens (including phenoxy) is 1. The van der Waals surface area contributed by atoms with Crippen LogP contribution in [0.25, 0.3) is 17.2 Å². The van der Waals surface area contributed by atoms with Gasteiger partial charge in [0.1, 0.15) is 5.82 Å². The van der Waals surface area contributed by atoms with Gasteiger partial charge in [-0.25, -0.2) is 8.78 Å². The van der Waals surface area contributed by atoms with Crippen molar-refractivity contribution in [1.29, 1.82) is 0 Å². The van der Waals surface area contributed by atoms with Gasteiger partial charge < -0.3 is 20.1 Å². The van der Waals surface area contributed by atoms with Crippen molar-refractivity contribution in [3.8, 4) is 16.9 Å². The molecule has 0 aliphatic heterocycles. The molecule has 2 atom stereocenters. The maximum absolute atomic E-state index is 14.7. The third-order valence-corrected chi connectivity index (χ3v) is 4.67. The number of carbonyl (C=O) groups is 1. The zero-order chi connectivity index (χ0) is 22.4. The molecule has 0 fully saturated rings. The van der Waals surface area contributed by atoms with Crippen molar-refractivity contribution in [3.05, 3.63) is 59.2 Å². The number of methoxy groups -OCH3 is 1. The zero-order valence-corrected chi connectivity index (χ0v) is 17.1. The second kappa shape index (κ2) is 10.3. The van der Waals surface area contributed by atoms with Crippen LogP contribution >= 0.6 is 0 Å². The molecule has 2 aromatic rings. The smallest absolute Gasteiger partial charge is 0.305 e. The average Bonchev–Trinajstić information content (AvgIpc) is 2.66. The Bertz CT molecular complexity index is 907. The maximum Gasteiger partial charge on any atom is 0.305 e. The van der Waals surface area contributed by atoms with E-state index in [2.05, 4.69) is 0 Å². The number of hydrogen-bond acceptors (Lipinski definition) is 4. The highest BCUT2D eigenvalue weighted by Gasteiger charge is 2.21. The van der Waals surface area contributed by atoms with E-state index in [9.17, 15) is 23.8 Å². The first-order valence-corrected chi connectivity index (χ1v) is 9.56. The van der Waals surface area contributed by atoms with Gasteiger partial charge in [-0.3, -0.25) is 4.79 Å². The van der Waals surface area contributed by atoms with Crippen LogP contribution in [-0.4, -0.2) is 40.6 Å². The van der Waals surface area contributed by atoms with E-state index in [1.165, 1.54) is 43.5 Å². The molecule has 5 nitrogen and oxygen atoms in total. The van der Waals surface area contributed by atoms with E-state index in [-0.39, 0.29) is 18.1 Å². The molecule has 7 heteroatoms. The van der Waals surface area contributed by atoms with Crippen LogP contribution < -0.4 is 4.74 Å². The van der Waals surface area contributed by atoms with Gasteiger partial charge in [0.05, 0.1) is 25.7 Å². The first-order valence-electron chi connectivity index (χ1n) is 9.56. The van der Waals surface area contributed by atoms with Crippen LogP contribution in [0.3, 0.4) is 0 Å². The minimum Gasteiger partial charge on any atom is -0.493 e. The molecule has 0 aromatic heterocycles. The molecule has 3 N–H and O–H groups in total. The Kier molecular flexibility index (Phi) is 8.08. The van der Waals surface area contributed by atoms with Crippen LogP contribution in [0.2, 0.25) is 0 Å². The predicted octanol–water partition coefficient (Wildman–Crippen LogP) is 4.36. The van der Waals surface area contributed by atoms with Gasteiger partial charge in [0.15, 0.2) is 11.6 Å². The third kappa shape index (κ3) is 5.87. The summed E-state index contributed by atoms with van der Waals surface area (Å²) in [4.78, 5) is 10.7. The van der Waals surface area contributed by atoms with Crippen LogP contribution in [0, 0.1) is 11.6 Å². The lowest BCUT2D eigenvalue weighted by atomic mass is 9.88. The number of rotatable bonds is 9. The molecular weight excluding hydrogens is 394 g/mol. The number of benzene rings is 2. The number of halogens is 2. The van der Waals surface area contributed by atoms with Crippen molar-refractivity contribution in [2.24, 2.45) is 0 Å². The second-order valence-corrected chi connectivity index (χ2v) is 7.34. The fraction of sp³-hybridized carbons (Fsp3) is 0.348. The zero-order valence-electron chi connectivity index (χ0n) is 17.1. The summed E-state index contributed by atoms with van der Waals surface area (Å²) in [5.41, 5.74) is 2.19. The topological polar surface area (TPSA) is 87.0 Å². The lowest BCUT2D eigenvalue weighted by Gasteiger charge is -2.20. The number of carboxylic acid groups (broad SMARTS) is 1.